The van der Waals surface area contributed by atoms with E-state index in [2.05, 4.69) is 20.8 Å². The van der Waals surface area contributed by atoms with Crippen molar-refractivity contribution in [3.05, 3.63) is 0 Å². The fourth-order valence-corrected chi connectivity index (χ4v) is 3.38. The Hall–Kier alpha value is -0.0800. The fourth-order valence-electron chi connectivity index (χ4n) is 3.38. The number of hydrogen-bond donors (Lipinski definition) is 0. The molecule has 0 spiro atoms. The van der Waals surface area contributed by atoms with Crippen LogP contribution in [0.25, 0.3) is 0 Å². The standard InChI is InChI=1S/C10H16O2/c1-4-7-5(2)9-10(11-7)6(3)8(4)12-9/h4-10H,1-3H3/t4?,5-,6?,7?,8-,9+,10+/m0/s1. The van der Waals surface area contributed by atoms with E-state index < -0.39 is 0 Å². The van der Waals surface area contributed by atoms with Gasteiger partial charge in [-0.25, -0.2) is 0 Å². The molecule has 0 N–H and O–H groups in total. The second-order valence-electron chi connectivity index (χ2n) is 4.71. The summed E-state index contributed by atoms with van der Waals surface area (Å²) in [6.07, 6.45) is 1.78. The Labute approximate surface area is 73.2 Å². The van der Waals surface area contributed by atoms with Crippen molar-refractivity contribution in [2.45, 2.75) is 45.2 Å². The third kappa shape index (κ3) is 0.612. The van der Waals surface area contributed by atoms with Crippen molar-refractivity contribution in [3.63, 3.8) is 0 Å². The van der Waals surface area contributed by atoms with Crippen molar-refractivity contribution in [3.8, 4) is 0 Å². The van der Waals surface area contributed by atoms with E-state index in [9.17, 15) is 0 Å². The number of rotatable bonds is 0. The topological polar surface area (TPSA) is 18.5 Å². The summed E-state index contributed by atoms with van der Waals surface area (Å²) in [5.41, 5.74) is 0. The van der Waals surface area contributed by atoms with Crippen LogP contribution in [0.5, 0.6) is 0 Å². The Morgan fingerprint density at radius 2 is 0.917 bits per heavy atom. The van der Waals surface area contributed by atoms with Crippen LogP contribution in [0.3, 0.4) is 0 Å². The van der Waals surface area contributed by atoms with Crippen molar-refractivity contribution < 1.29 is 9.47 Å². The Balaban J connectivity index is 2.01. The van der Waals surface area contributed by atoms with E-state index in [1.54, 1.807) is 0 Å². The second-order valence-corrected chi connectivity index (χ2v) is 4.71. The molecule has 4 saturated heterocycles. The Kier molecular flexibility index (Phi) is 1.25. The van der Waals surface area contributed by atoms with E-state index in [0.717, 1.165) is 0 Å². The minimum atomic E-state index is 0.409. The predicted molar refractivity (Wildman–Crippen MR) is 44.8 cm³/mol. The molecule has 0 aromatic heterocycles. The van der Waals surface area contributed by atoms with Crippen LogP contribution in [-0.4, -0.2) is 24.4 Å². The van der Waals surface area contributed by atoms with Gasteiger partial charge >= 0.3 is 0 Å². The molecule has 0 aromatic rings. The van der Waals surface area contributed by atoms with Crippen molar-refractivity contribution in [2.24, 2.45) is 17.8 Å². The summed E-state index contributed by atoms with van der Waals surface area (Å²) in [7, 11) is 0. The van der Waals surface area contributed by atoms with Gasteiger partial charge in [0.15, 0.2) is 0 Å². The zero-order valence-corrected chi connectivity index (χ0v) is 7.86. The molecule has 0 radical (unpaired) electrons. The van der Waals surface area contributed by atoms with Crippen LogP contribution in [0.15, 0.2) is 0 Å². The molecule has 4 rings (SSSR count). The molecule has 0 aromatic carbocycles. The summed E-state index contributed by atoms with van der Waals surface area (Å²) >= 11 is 0. The molecule has 4 heterocycles. The van der Waals surface area contributed by atoms with E-state index in [0.29, 0.717) is 42.2 Å². The lowest BCUT2D eigenvalue weighted by molar-refractivity contribution is -0.122. The van der Waals surface area contributed by atoms with Gasteiger partial charge in [-0.3, -0.25) is 0 Å². The molecule has 4 aliphatic heterocycles. The first kappa shape index (κ1) is 7.34. The highest BCUT2D eigenvalue weighted by Crippen LogP contribution is 2.52. The van der Waals surface area contributed by atoms with Crippen LogP contribution < -0.4 is 0 Å². The molecule has 0 aliphatic carbocycles. The SMILES string of the molecule is CC1C2O[C@@H]3C(C)[C@H]1O[C@@H]3[C@H]2C. The van der Waals surface area contributed by atoms with E-state index in [1.165, 1.54) is 0 Å². The molecule has 4 bridgehead atoms. The zero-order chi connectivity index (χ0) is 8.46. The normalized spacial score (nSPS) is 67.8. The van der Waals surface area contributed by atoms with Gasteiger partial charge in [0.1, 0.15) is 0 Å². The molecule has 68 valence electrons. The van der Waals surface area contributed by atoms with E-state index >= 15 is 0 Å². The van der Waals surface area contributed by atoms with Gasteiger partial charge in [0.2, 0.25) is 0 Å². The number of hydrogen-bond acceptors (Lipinski definition) is 2. The van der Waals surface area contributed by atoms with Crippen LogP contribution in [0, 0.1) is 17.8 Å². The van der Waals surface area contributed by atoms with Gasteiger partial charge in [-0.2, -0.15) is 0 Å². The number of ether oxygens (including phenoxy) is 2. The van der Waals surface area contributed by atoms with Gasteiger partial charge in [-0.15, -0.1) is 0 Å². The maximum absolute atomic E-state index is 5.96. The van der Waals surface area contributed by atoms with Crippen molar-refractivity contribution in [1.82, 2.24) is 0 Å². The molecule has 0 amide bonds. The molecular formula is C10H16O2. The van der Waals surface area contributed by atoms with Gasteiger partial charge in [-0.05, 0) is 0 Å². The van der Waals surface area contributed by atoms with Crippen molar-refractivity contribution >= 4 is 0 Å². The quantitative estimate of drug-likeness (QED) is 0.545. The van der Waals surface area contributed by atoms with Crippen molar-refractivity contribution in [1.29, 1.82) is 0 Å². The summed E-state index contributed by atoms with van der Waals surface area (Å²) < 4.78 is 11.9. The Morgan fingerprint density at radius 1 is 0.583 bits per heavy atom. The highest BCUT2D eigenvalue weighted by molar-refractivity contribution is 5.08. The minimum absolute atomic E-state index is 0.409. The highest BCUT2D eigenvalue weighted by Gasteiger charge is 2.61. The van der Waals surface area contributed by atoms with Crippen LogP contribution in [0.1, 0.15) is 20.8 Å². The zero-order valence-electron chi connectivity index (χ0n) is 7.86. The van der Waals surface area contributed by atoms with Gasteiger partial charge in [0, 0.05) is 17.8 Å². The van der Waals surface area contributed by atoms with Gasteiger partial charge in [-0.1, -0.05) is 20.8 Å². The lowest BCUT2D eigenvalue weighted by Crippen LogP contribution is -2.44. The fraction of sp³-hybridized carbons (Fsp3) is 1.00. The van der Waals surface area contributed by atoms with Crippen LogP contribution >= 0.6 is 0 Å². The third-order valence-corrected chi connectivity index (χ3v) is 4.06. The average molecular weight is 168 g/mol. The van der Waals surface area contributed by atoms with Crippen LogP contribution in [-0.2, 0) is 9.47 Å². The molecule has 4 aliphatic rings. The molecule has 12 heavy (non-hydrogen) atoms. The smallest absolute Gasteiger partial charge is 0.0894 e. The van der Waals surface area contributed by atoms with Gasteiger partial charge in [0.05, 0.1) is 24.4 Å². The van der Waals surface area contributed by atoms with E-state index in [4.69, 9.17) is 9.47 Å². The third-order valence-electron chi connectivity index (χ3n) is 4.06. The first-order valence-corrected chi connectivity index (χ1v) is 5.01. The minimum Gasteiger partial charge on any atom is -0.371 e. The first-order valence-electron chi connectivity index (χ1n) is 5.01. The second kappa shape index (κ2) is 2.05. The average Bonchev–Trinajstić information content (AvgIpc) is 2.43. The Bertz CT molecular complexity index is 186. The van der Waals surface area contributed by atoms with Gasteiger partial charge in [0.25, 0.3) is 0 Å². The molecule has 2 nitrogen and oxygen atoms in total. The summed E-state index contributed by atoms with van der Waals surface area (Å²) in [5, 5.41) is 0. The molecule has 7 atom stereocenters. The molecular weight excluding hydrogens is 152 g/mol. The summed E-state index contributed by atoms with van der Waals surface area (Å²) in [5.74, 6) is 1.84. The molecule has 0 saturated carbocycles. The lowest BCUT2D eigenvalue weighted by atomic mass is 9.85. The summed E-state index contributed by atoms with van der Waals surface area (Å²) in [6, 6.07) is 0. The lowest BCUT2D eigenvalue weighted by Gasteiger charge is -2.38. The monoisotopic (exact) mass is 168 g/mol. The maximum Gasteiger partial charge on any atom is 0.0894 e. The van der Waals surface area contributed by atoms with Gasteiger partial charge < -0.3 is 9.47 Å². The first-order chi connectivity index (χ1) is 5.70. The molecule has 4 fully saturated rings. The largest absolute Gasteiger partial charge is 0.371 e. The maximum atomic E-state index is 5.96. The molecule has 3 unspecified atom stereocenters. The van der Waals surface area contributed by atoms with E-state index in [1.807, 2.05) is 0 Å². The molecule has 2 heteroatoms. The summed E-state index contributed by atoms with van der Waals surface area (Å²) in [6.45, 7) is 6.79. The van der Waals surface area contributed by atoms with Crippen molar-refractivity contribution in [2.75, 3.05) is 0 Å². The Morgan fingerprint density at radius 3 is 1.33 bits per heavy atom. The summed E-state index contributed by atoms with van der Waals surface area (Å²) in [4.78, 5) is 0. The van der Waals surface area contributed by atoms with Crippen LogP contribution in [0.2, 0.25) is 0 Å². The predicted octanol–water partition coefficient (Wildman–Crippen LogP) is 1.44. The van der Waals surface area contributed by atoms with Crippen LogP contribution in [0.4, 0.5) is 0 Å². The highest BCUT2D eigenvalue weighted by atomic mass is 16.6. The van der Waals surface area contributed by atoms with E-state index in [-0.39, 0.29) is 0 Å².